The molecule has 1 unspecified atom stereocenters. The monoisotopic (exact) mass is 914 g/mol. The smallest absolute Gasteiger partial charge is 0.355 e. The molecule has 0 aliphatic carbocycles. The molecule has 8 rings (SSSR count). The van der Waals surface area contributed by atoms with Gasteiger partial charge in [0.2, 0.25) is 0 Å². The van der Waals surface area contributed by atoms with Crippen molar-refractivity contribution in [1.29, 1.82) is 10.5 Å². The first-order chi connectivity index (χ1) is 30.5. The van der Waals surface area contributed by atoms with Gasteiger partial charge in [0.15, 0.2) is 11.4 Å². The normalized spacial score (nSPS) is 13.7. The summed E-state index contributed by atoms with van der Waals surface area (Å²) >= 11 is 2.60. The molecule has 0 saturated carbocycles. The molecule has 328 valence electrons. The number of alkyl halides is 6. The van der Waals surface area contributed by atoms with E-state index in [1.54, 1.807) is 68.7 Å². The minimum atomic E-state index is -4.68. The van der Waals surface area contributed by atoms with E-state index in [4.69, 9.17) is 0 Å². The van der Waals surface area contributed by atoms with E-state index in [0.717, 1.165) is 15.1 Å². The van der Waals surface area contributed by atoms with Gasteiger partial charge >= 0.3 is 12.4 Å². The van der Waals surface area contributed by atoms with Crippen molar-refractivity contribution in [3.63, 3.8) is 0 Å². The number of carbonyl (C=O) groups excluding carboxylic acids is 2. The lowest BCUT2D eigenvalue weighted by Gasteiger charge is -2.28. The molecule has 0 bridgehead atoms. The lowest BCUT2D eigenvalue weighted by atomic mass is 9.81. The minimum absolute atomic E-state index is 0.0667. The van der Waals surface area contributed by atoms with Crippen LogP contribution in [0.3, 0.4) is 0 Å². The number of hydrogen-bond acceptors (Lipinski definition) is 10. The number of aromatic nitrogens is 5. The number of nitrogens with one attached hydrogen (secondary N) is 3. The first-order valence-electron chi connectivity index (χ1n) is 19.6. The van der Waals surface area contributed by atoms with Gasteiger partial charge in [-0.05, 0) is 72.0 Å². The quantitative estimate of drug-likeness (QED) is 0.127. The van der Waals surface area contributed by atoms with Gasteiger partial charge in [-0.1, -0.05) is 18.2 Å². The van der Waals surface area contributed by atoms with E-state index in [9.17, 15) is 46.5 Å². The highest BCUT2D eigenvalue weighted by Gasteiger charge is 2.40. The molecule has 2 aromatic carbocycles. The second-order valence-corrected chi connectivity index (χ2v) is 16.5. The van der Waals surface area contributed by atoms with Crippen LogP contribution in [0.5, 0.6) is 0 Å². The van der Waals surface area contributed by atoms with Gasteiger partial charge in [-0.25, -0.2) is 0 Å². The maximum Gasteiger partial charge on any atom is 0.435 e. The van der Waals surface area contributed by atoms with E-state index in [1.807, 2.05) is 0 Å². The molecular weight excluding hydrogens is 879 g/mol. The maximum absolute atomic E-state index is 13.9. The van der Waals surface area contributed by atoms with E-state index < -0.39 is 35.6 Å². The topological polar surface area (TPSA) is 166 Å². The lowest BCUT2D eigenvalue weighted by Crippen LogP contribution is -2.30. The zero-order chi connectivity index (χ0) is 46.1. The number of benzene rings is 2. The van der Waals surface area contributed by atoms with Crippen molar-refractivity contribution in [3.8, 4) is 45.5 Å². The Kier molecular flexibility index (Phi) is 12.8. The van der Waals surface area contributed by atoms with Gasteiger partial charge in [0, 0.05) is 109 Å². The largest absolute Gasteiger partial charge is 0.435 e. The van der Waals surface area contributed by atoms with E-state index in [2.05, 4.69) is 43.3 Å². The summed E-state index contributed by atoms with van der Waals surface area (Å²) in [5, 5.41) is 35.2. The van der Waals surface area contributed by atoms with Gasteiger partial charge in [-0.2, -0.15) is 47.1 Å². The number of thiophene rings is 2. The van der Waals surface area contributed by atoms with E-state index in [-0.39, 0.29) is 41.3 Å². The van der Waals surface area contributed by atoms with Crippen LogP contribution in [0.25, 0.3) is 43.5 Å². The molecule has 0 spiro atoms. The van der Waals surface area contributed by atoms with Crippen LogP contribution in [0, 0.1) is 22.7 Å². The molecule has 2 amide bonds. The molecule has 3 N–H and O–H groups in total. The van der Waals surface area contributed by atoms with Gasteiger partial charge in [0.05, 0.1) is 4.70 Å². The average molecular weight is 915 g/mol. The summed E-state index contributed by atoms with van der Waals surface area (Å²) in [6.07, 6.45) is -3.47. The summed E-state index contributed by atoms with van der Waals surface area (Å²) in [4.78, 5) is 31.1. The molecule has 1 atom stereocenters. The second-order valence-electron chi connectivity index (χ2n) is 14.3. The number of hydrogen-bond donors (Lipinski definition) is 3. The minimum Gasteiger partial charge on any atom is -0.355 e. The number of aryl methyl sites for hydroxylation is 2. The molecule has 6 heterocycles. The lowest BCUT2D eigenvalue weighted by molar-refractivity contribution is -0.141. The summed E-state index contributed by atoms with van der Waals surface area (Å²) in [7, 11) is 2.93. The maximum atomic E-state index is 13.9. The third-order valence-corrected chi connectivity index (χ3v) is 12.6. The Morgan fingerprint density at radius 2 is 1.41 bits per heavy atom. The van der Waals surface area contributed by atoms with Gasteiger partial charge < -0.3 is 16.0 Å². The van der Waals surface area contributed by atoms with Crippen LogP contribution in [-0.4, -0.2) is 57.0 Å². The Hall–Kier alpha value is -6.87. The molecule has 5 aromatic heterocycles. The van der Waals surface area contributed by atoms with Gasteiger partial charge in [0.25, 0.3) is 11.8 Å². The summed E-state index contributed by atoms with van der Waals surface area (Å²) in [5.74, 6) is -1.21. The fourth-order valence-corrected chi connectivity index (χ4v) is 9.48. The summed E-state index contributed by atoms with van der Waals surface area (Å²) in [6, 6.07) is 17.1. The molecule has 20 heteroatoms. The predicted molar refractivity (Wildman–Crippen MR) is 229 cm³/mol. The zero-order valence-corrected chi connectivity index (χ0v) is 36.0. The Morgan fingerprint density at radius 3 is 2.00 bits per heavy atom. The molecular formula is C44H36F6N10O2S2. The first kappa shape index (κ1) is 45.2. The summed E-state index contributed by atoms with van der Waals surface area (Å²) < 4.78 is 86.3. The van der Waals surface area contributed by atoms with Crippen molar-refractivity contribution >= 4 is 44.6 Å². The molecule has 64 heavy (non-hydrogen) atoms. The Morgan fingerprint density at radius 1 is 0.781 bits per heavy atom. The van der Waals surface area contributed by atoms with Crippen LogP contribution in [0.15, 0.2) is 73.3 Å². The Labute approximate surface area is 369 Å². The number of nitrogens with zero attached hydrogens (tertiary/aromatic N) is 7. The summed E-state index contributed by atoms with van der Waals surface area (Å²) in [5.41, 5.74) is 1.19. The van der Waals surface area contributed by atoms with Gasteiger partial charge in [-0.3, -0.25) is 23.9 Å². The second kappa shape index (κ2) is 18.1. The van der Waals surface area contributed by atoms with Crippen LogP contribution in [0.1, 0.15) is 77.6 Å². The van der Waals surface area contributed by atoms with Crippen LogP contribution in [0.2, 0.25) is 0 Å². The predicted octanol–water partition coefficient (Wildman–Crippen LogP) is 9.21. The Balaban J connectivity index is 0.000000191. The fraction of sp³-hybridized carbons (Fsp3) is 0.250. The van der Waals surface area contributed by atoms with Crippen LogP contribution >= 0.6 is 22.7 Å². The third kappa shape index (κ3) is 8.72. The van der Waals surface area contributed by atoms with Crippen molar-refractivity contribution in [2.45, 2.75) is 51.8 Å². The number of pyridine rings is 1. The first-order valence-corrected chi connectivity index (χ1v) is 21.2. The van der Waals surface area contributed by atoms with Crippen LogP contribution in [-0.2, 0) is 32.0 Å². The number of carbonyl (C=O) groups is 2. The number of halogens is 6. The molecule has 0 saturated heterocycles. The van der Waals surface area contributed by atoms with E-state index >= 15 is 0 Å². The number of rotatable bonds is 8. The van der Waals surface area contributed by atoms with E-state index in [0.29, 0.717) is 56.0 Å². The van der Waals surface area contributed by atoms with Crippen molar-refractivity contribution < 1.29 is 35.9 Å². The third-order valence-electron chi connectivity index (χ3n) is 10.5. The molecule has 12 nitrogen and oxygen atoms in total. The van der Waals surface area contributed by atoms with Crippen LogP contribution < -0.4 is 16.0 Å². The highest BCUT2D eigenvalue weighted by molar-refractivity contribution is 7.19. The van der Waals surface area contributed by atoms with Crippen LogP contribution in [0.4, 0.5) is 26.3 Å². The molecule has 1 aliphatic rings. The zero-order valence-electron chi connectivity index (χ0n) is 34.4. The Bertz CT molecular complexity index is 3000. The number of amides is 2. The SMILES string of the molecule is CCn1cc(-c2cc(C(=O)NC)ccc2-c2cncc3sc(C#N)cc23)c(C(F)(F)F)n1.CCn1cc(-c2cccc(C(=O)NC)c2C2CNCc3sc(C#N)cc32)c(C(F)(F)F)n1. The molecule has 7 aromatic rings. The number of fused-ring (bicyclic) bond motifs is 2. The standard InChI is InChI=1S/C22H16F3N5OS.C22H20F3N5OS/c1-3-30-11-18(20(29-30)22(23,24)25)15-6-12(21(31)27-2)4-5-14(15)17-9-28-10-19-16(17)7-13(8-26)32-19;1-3-30-11-17(20(29-30)22(23,24)25)13-5-4-6-14(21(31)27-2)19(13)16-9-28-10-18-15(16)7-12(8-26)32-18/h4-7,9-11H,3H2,1-2H3,(H,27,31);4-7,11,16,28H,3,9-10H2,1-2H3,(H,27,31). The highest BCUT2D eigenvalue weighted by atomic mass is 32.1. The number of nitriles is 2. The molecule has 0 radical (unpaired) electrons. The van der Waals surface area contributed by atoms with Crippen molar-refractivity contribution in [1.82, 2.24) is 40.5 Å². The fourth-order valence-electron chi connectivity index (χ4n) is 7.63. The average Bonchev–Trinajstić information content (AvgIpc) is 4.12. The van der Waals surface area contributed by atoms with Gasteiger partial charge in [0.1, 0.15) is 21.9 Å². The van der Waals surface area contributed by atoms with Crippen molar-refractivity contribution in [2.75, 3.05) is 20.6 Å². The highest BCUT2D eigenvalue weighted by Crippen LogP contribution is 2.45. The van der Waals surface area contributed by atoms with Crippen molar-refractivity contribution in [2.24, 2.45) is 0 Å². The van der Waals surface area contributed by atoms with E-state index in [1.165, 1.54) is 64.6 Å². The molecule has 1 aliphatic heterocycles. The summed E-state index contributed by atoms with van der Waals surface area (Å²) in [6.45, 7) is 4.93. The van der Waals surface area contributed by atoms with Crippen molar-refractivity contribution in [3.05, 3.63) is 122 Å². The molecule has 0 fully saturated rings. The van der Waals surface area contributed by atoms with Gasteiger partial charge in [-0.15, -0.1) is 22.7 Å².